The summed E-state index contributed by atoms with van der Waals surface area (Å²) in [5, 5.41) is 9.94. The third-order valence-corrected chi connectivity index (χ3v) is 3.48. The van der Waals surface area contributed by atoms with Gasteiger partial charge in [-0.15, -0.1) is 0 Å². The molecule has 4 N–H and O–H groups in total. The van der Waals surface area contributed by atoms with Gasteiger partial charge in [0.2, 0.25) is 0 Å². The maximum Gasteiger partial charge on any atom is 0.321 e. The zero-order valence-electron chi connectivity index (χ0n) is 9.27. The molecular weight excluding hydrogens is 284 g/mol. The lowest BCUT2D eigenvalue weighted by Gasteiger charge is -2.15. The number of aromatic amines is 1. The first-order chi connectivity index (χ1) is 8.00. The van der Waals surface area contributed by atoms with Gasteiger partial charge in [0.25, 0.3) is 0 Å². The fourth-order valence-electron chi connectivity index (χ4n) is 1.90. The average Bonchev–Trinajstić information content (AvgIpc) is 2.69. The van der Waals surface area contributed by atoms with E-state index in [-0.39, 0.29) is 5.92 Å². The molecule has 0 aliphatic heterocycles. The Kier molecular flexibility index (Phi) is 3.22. The van der Waals surface area contributed by atoms with Crippen LogP contribution in [0.1, 0.15) is 18.4 Å². The van der Waals surface area contributed by atoms with Gasteiger partial charge in [-0.25, -0.2) is 0 Å². The van der Waals surface area contributed by atoms with Crippen LogP contribution in [0.5, 0.6) is 0 Å². The molecule has 0 spiro atoms. The summed E-state index contributed by atoms with van der Waals surface area (Å²) in [6.07, 6.45) is 1.82. The number of hydrogen-bond acceptors (Lipinski definition) is 2. The van der Waals surface area contributed by atoms with Gasteiger partial charge in [-0.2, -0.15) is 0 Å². The topological polar surface area (TPSA) is 79.1 Å². The number of halogens is 1. The minimum absolute atomic E-state index is 0.240. The number of H-pyrrole nitrogens is 1. The first-order valence-electron chi connectivity index (χ1n) is 5.25. The van der Waals surface area contributed by atoms with Gasteiger partial charge < -0.3 is 15.8 Å². The fourth-order valence-corrected chi connectivity index (χ4v) is 2.26. The fraction of sp³-hybridized carbons (Fsp3) is 0.250. The lowest BCUT2D eigenvalue weighted by molar-refractivity contribution is -0.138. The van der Waals surface area contributed by atoms with E-state index in [9.17, 15) is 4.79 Å². The smallest absolute Gasteiger partial charge is 0.321 e. The molecule has 0 radical (unpaired) electrons. The molecule has 17 heavy (non-hydrogen) atoms. The number of carbonyl (C=O) groups is 1. The number of carboxylic acids is 1. The molecule has 0 fully saturated rings. The van der Waals surface area contributed by atoms with Gasteiger partial charge >= 0.3 is 5.97 Å². The molecule has 0 saturated carbocycles. The highest BCUT2D eigenvalue weighted by molar-refractivity contribution is 9.10. The van der Waals surface area contributed by atoms with Gasteiger partial charge in [0, 0.05) is 27.5 Å². The summed E-state index contributed by atoms with van der Waals surface area (Å²) in [6.45, 7) is 1.82. The van der Waals surface area contributed by atoms with Crippen molar-refractivity contribution in [3.63, 3.8) is 0 Å². The summed E-state index contributed by atoms with van der Waals surface area (Å²) in [5.74, 6) is -1.22. The maximum atomic E-state index is 10.9. The zero-order valence-corrected chi connectivity index (χ0v) is 10.9. The van der Waals surface area contributed by atoms with Crippen LogP contribution in [0.15, 0.2) is 28.9 Å². The predicted octanol–water partition coefficient (Wildman–Crippen LogP) is 2.45. The number of benzene rings is 1. The molecule has 1 aromatic heterocycles. The van der Waals surface area contributed by atoms with Gasteiger partial charge in [0.1, 0.15) is 6.04 Å². The van der Waals surface area contributed by atoms with Crippen LogP contribution >= 0.6 is 15.9 Å². The summed E-state index contributed by atoms with van der Waals surface area (Å²) in [7, 11) is 0. The van der Waals surface area contributed by atoms with Crippen molar-refractivity contribution in [2.75, 3.05) is 0 Å². The van der Waals surface area contributed by atoms with E-state index in [1.807, 2.05) is 31.3 Å². The van der Waals surface area contributed by atoms with Crippen molar-refractivity contribution in [3.8, 4) is 0 Å². The van der Waals surface area contributed by atoms with Crippen LogP contribution in [-0.4, -0.2) is 22.1 Å². The van der Waals surface area contributed by atoms with Crippen molar-refractivity contribution in [2.24, 2.45) is 5.73 Å². The van der Waals surface area contributed by atoms with Crippen LogP contribution < -0.4 is 5.73 Å². The summed E-state index contributed by atoms with van der Waals surface area (Å²) in [4.78, 5) is 14.0. The van der Waals surface area contributed by atoms with Crippen molar-refractivity contribution in [1.82, 2.24) is 4.98 Å². The molecule has 4 nitrogen and oxygen atoms in total. The van der Waals surface area contributed by atoms with Gasteiger partial charge in [0.05, 0.1) is 0 Å². The van der Waals surface area contributed by atoms with Crippen LogP contribution in [0.4, 0.5) is 0 Å². The molecule has 1 heterocycles. The predicted molar refractivity (Wildman–Crippen MR) is 70.0 cm³/mol. The molecule has 5 heteroatoms. The second-order valence-corrected chi connectivity index (χ2v) is 5.00. The average molecular weight is 297 g/mol. The molecule has 0 unspecified atom stereocenters. The third-order valence-electron chi connectivity index (χ3n) is 2.99. The Morgan fingerprint density at radius 3 is 2.88 bits per heavy atom. The third kappa shape index (κ3) is 2.21. The Morgan fingerprint density at radius 1 is 1.53 bits per heavy atom. The number of aliphatic carboxylic acids is 1. The number of carboxylic acid groups (broad SMARTS) is 1. The quantitative estimate of drug-likeness (QED) is 0.814. The SMILES string of the molecule is C[C@H](c1c[nH]c2ccc(Br)cc12)[C@@H](N)C(=O)O. The summed E-state index contributed by atoms with van der Waals surface area (Å²) >= 11 is 3.40. The van der Waals surface area contributed by atoms with Crippen LogP contribution in [0.25, 0.3) is 10.9 Å². The lowest BCUT2D eigenvalue weighted by Crippen LogP contribution is -2.35. The van der Waals surface area contributed by atoms with Crippen molar-refractivity contribution in [3.05, 3.63) is 34.4 Å². The highest BCUT2D eigenvalue weighted by atomic mass is 79.9. The normalized spacial score (nSPS) is 14.8. The van der Waals surface area contributed by atoms with E-state index in [0.29, 0.717) is 0 Å². The van der Waals surface area contributed by atoms with E-state index in [1.165, 1.54) is 0 Å². The molecule has 0 aliphatic carbocycles. The van der Waals surface area contributed by atoms with E-state index in [4.69, 9.17) is 10.8 Å². The number of nitrogens with two attached hydrogens (primary N) is 1. The van der Waals surface area contributed by atoms with E-state index in [1.54, 1.807) is 0 Å². The number of fused-ring (bicyclic) bond motifs is 1. The van der Waals surface area contributed by atoms with Crippen molar-refractivity contribution in [2.45, 2.75) is 18.9 Å². The number of aromatic nitrogens is 1. The maximum absolute atomic E-state index is 10.9. The second kappa shape index (κ2) is 4.50. The van der Waals surface area contributed by atoms with E-state index in [2.05, 4.69) is 20.9 Å². The molecule has 90 valence electrons. The molecule has 0 amide bonds. The van der Waals surface area contributed by atoms with Crippen LogP contribution in [-0.2, 0) is 4.79 Å². The number of rotatable bonds is 3. The van der Waals surface area contributed by atoms with Crippen LogP contribution in [0, 0.1) is 0 Å². The molecular formula is C12H13BrN2O2. The van der Waals surface area contributed by atoms with Crippen LogP contribution in [0.2, 0.25) is 0 Å². The Morgan fingerprint density at radius 2 is 2.24 bits per heavy atom. The second-order valence-electron chi connectivity index (χ2n) is 4.09. The minimum Gasteiger partial charge on any atom is -0.480 e. The molecule has 0 bridgehead atoms. The molecule has 0 aliphatic rings. The summed E-state index contributed by atoms with van der Waals surface area (Å²) in [5.41, 5.74) is 7.56. The van der Waals surface area contributed by atoms with E-state index >= 15 is 0 Å². The van der Waals surface area contributed by atoms with Gasteiger partial charge in [-0.1, -0.05) is 22.9 Å². The Labute approximate surface area is 107 Å². The highest BCUT2D eigenvalue weighted by Crippen LogP contribution is 2.29. The van der Waals surface area contributed by atoms with Gasteiger partial charge in [-0.3, -0.25) is 4.79 Å². The molecule has 1 aromatic carbocycles. The van der Waals surface area contributed by atoms with Crippen LogP contribution in [0.3, 0.4) is 0 Å². The summed E-state index contributed by atoms with van der Waals surface area (Å²) < 4.78 is 0.960. The largest absolute Gasteiger partial charge is 0.480 e. The first kappa shape index (κ1) is 12.1. The van der Waals surface area contributed by atoms with Crippen molar-refractivity contribution < 1.29 is 9.90 Å². The number of hydrogen-bond donors (Lipinski definition) is 3. The van der Waals surface area contributed by atoms with E-state index < -0.39 is 12.0 Å². The molecule has 2 rings (SSSR count). The Hall–Kier alpha value is -1.33. The lowest BCUT2D eigenvalue weighted by atomic mass is 9.93. The minimum atomic E-state index is -0.984. The zero-order chi connectivity index (χ0) is 12.6. The van der Waals surface area contributed by atoms with Gasteiger partial charge in [-0.05, 0) is 23.8 Å². The Balaban J connectivity index is 2.48. The highest BCUT2D eigenvalue weighted by Gasteiger charge is 2.23. The Bertz CT molecular complexity index is 565. The monoisotopic (exact) mass is 296 g/mol. The van der Waals surface area contributed by atoms with E-state index in [0.717, 1.165) is 20.9 Å². The van der Waals surface area contributed by atoms with Crippen molar-refractivity contribution >= 4 is 32.8 Å². The molecule has 2 atom stereocenters. The number of nitrogens with one attached hydrogen (secondary N) is 1. The standard InChI is InChI=1S/C12H13BrN2O2/c1-6(11(14)12(16)17)9-5-15-10-3-2-7(13)4-8(9)10/h2-6,11,15H,14H2,1H3,(H,16,17)/t6-,11-/m1/s1. The van der Waals surface area contributed by atoms with Crippen molar-refractivity contribution in [1.29, 1.82) is 0 Å². The van der Waals surface area contributed by atoms with Gasteiger partial charge in [0.15, 0.2) is 0 Å². The first-order valence-corrected chi connectivity index (χ1v) is 6.05. The molecule has 0 saturated heterocycles. The molecule has 2 aromatic rings. The summed E-state index contributed by atoms with van der Waals surface area (Å²) in [6, 6.07) is 4.95.